The van der Waals surface area contributed by atoms with Crippen molar-refractivity contribution in [3.63, 3.8) is 0 Å². The second-order valence-electron chi connectivity index (χ2n) is 3.67. The van der Waals surface area contributed by atoms with Crippen LogP contribution in [0.15, 0.2) is 6.20 Å². The molecular formula is C9H10F3NO2S. The molecule has 0 saturated carbocycles. The molecule has 0 atom stereocenters. The summed E-state index contributed by atoms with van der Waals surface area (Å²) in [6.07, 6.45) is -2.71. The van der Waals surface area contributed by atoms with Crippen molar-refractivity contribution in [3.8, 4) is 0 Å². The highest BCUT2D eigenvalue weighted by Crippen LogP contribution is 2.39. The van der Waals surface area contributed by atoms with Crippen LogP contribution in [0.25, 0.3) is 0 Å². The number of rotatable bonds is 1. The van der Waals surface area contributed by atoms with E-state index in [1.54, 1.807) is 0 Å². The third kappa shape index (κ3) is 2.21. The number of nitrogens with zero attached hydrogens (tertiary/aromatic N) is 1. The summed E-state index contributed by atoms with van der Waals surface area (Å²) >= 11 is 0.504. The number of thiazole rings is 1. The molecule has 7 heteroatoms. The van der Waals surface area contributed by atoms with E-state index in [1.807, 2.05) is 0 Å². The number of aliphatic hydroxyl groups is 1. The first kappa shape index (κ1) is 11.8. The zero-order valence-electron chi connectivity index (χ0n) is 8.25. The van der Waals surface area contributed by atoms with Gasteiger partial charge in [-0.05, 0) is 0 Å². The van der Waals surface area contributed by atoms with Crippen molar-refractivity contribution >= 4 is 11.3 Å². The highest BCUT2D eigenvalue weighted by atomic mass is 32.1. The van der Waals surface area contributed by atoms with Gasteiger partial charge in [0, 0.05) is 32.3 Å². The van der Waals surface area contributed by atoms with Crippen LogP contribution in [-0.2, 0) is 16.5 Å². The zero-order valence-corrected chi connectivity index (χ0v) is 9.07. The smallest absolute Gasteiger partial charge is 0.384 e. The normalized spacial score (nSPS) is 21.0. The van der Waals surface area contributed by atoms with Crippen molar-refractivity contribution in [1.29, 1.82) is 0 Å². The van der Waals surface area contributed by atoms with Crippen molar-refractivity contribution in [2.75, 3.05) is 13.2 Å². The van der Waals surface area contributed by atoms with Gasteiger partial charge >= 0.3 is 6.18 Å². The Labute approximate surface area is 93.9 Å². The van der Waals surface area contributed by atoms with Gasteiger partial charge in [0.05, 0.1) is 4.88 Å². The molecular weight excluding hydrogens is 243 g/mol. The number of alkyl halides is 3. The Kier molecular flexibility index (Phi) is 2.93. The molecule has 0 bridgehead atoms. The van der Waals surface area contributed by atoms with Crippen molar-refractivity contribution in [1.82, 2.24) is 4.98 Å². The lowest BCUT2D eigenvalue weighted by atomic mass is 9.93. The summed E-state index contributed by atoms with van der Waals surface area (Å²) in [5.41, 5.74) is -1.21. The van der Waals surface area contributed by atoms with E-state index in [1.165, 1.54) is 0 Å². The Morgan fingerprint density at radius 1 is 1.38 bits per heavy atom. The topological polar surface area (TPSA) is 42.4 Å². The minimum atomic E-state index is -4.44. The van der Waals surface area contributed by atoms with Crippen LogP contribution in [0.4, 0.5) is 13.2 Å². The fourth-order valence-corrected chi connectivity index (χ4v) is 2.50. The molecule has 0 radical (unpaired) electrons. The maximum absolute atomic E-state index is 12.3. The van der Waals surface area contributed by atoms with Crippen molar-refractivity contribution in [3.05, 3.63) is 16.1 Å². The average molecular weight is 253 g/mol. The summed E-state index contributed by atoms with van der Waals surface area (Å²) in [7, 11) is 0. The molecule has 16 heavy (non-hydrogen) atoms. The van der Waals surface area contributed by atoms with E-state index >= 15 is 0 Å². The van der Waals surface area contributed by atoms with Crippen LogP contribution in [0, 0.1) is 0 Å². The third-order valence-corrected chi connectivity index (χ3v) is 3.76. The van der Waals surface area contributed by atoms with Gasteiger partial charge in [-0.15, -0.1) is 11.3 Å². The van der Waals surface area contributed by atoms with Crippen LogP contribution < -0.4 is 0 Å². The number of hydrogen-bond donors (Lipinski definition) is 1. The first-order valence-corrected chi connectivity index (χ1v) is 5.57. The molecule has 1 N–H and O–H groups in total. The summed E-state index contributed by atoms with van der Waals surface area (Å²) in [5.74, 6) is 0. The van der Waals surface area contributed by atoms with Crippen LogP contribution in [0.3, 0.4) is 0 Å². The number of ether oxygens (including phenoxy) is 1. The first-order valence-electron chi connectivity index (χ1n) is 4.75. The molecule has 0 aromatic carbocycles. The second kappa shape index (κ2) is 3.97. The molecule has 0 aliphatic carbocycles. The third-order valence-electron chi connectivity index (χ3n) is 2.53. The fourth-order valence-electron chi connectivity index (χ4n) is 1.58. The Morgan fingerprint density at radius 2 is 2.00 bits per heavy atom. The van der Waals surface area contributed by atoms with E-state index in [0.29, 0.717) is 37.4 Å². The second-order valence-corrected chi connectivity index (χ2v) is 4.70. The van der Waals surface area contributed by atoms with Gasteiger partial charge in [-0.2, -0.15) is 13.2 Å². The van der Waals surface area contributed by atoms with Crippen LogP contribution in [-0.4, -0.2) is 23.3 Å². The predicted octanol–water partition coefficient (Wildman–Crippen LogP) is 2.16. The van der Waals surface area contributed by atoms with Crippen molar-refractivity contribution in [2.24, 2.45) is 0 Å². The first-order chi connectivity index (χ1) is 7.42. The Balaban J connectivity index is 2.24. The highest BCUT2D eigenvalue weighted by Gasteiger charge is 2.39. The van der Waals surface area contributed by atoms with Crippen molar-refractivity contribution < 1.29 is 23.0 Å². The zero-order chi connectivity index (χ0) is 11.8. The van der Waals surface area contributed by atoms with Gasteiger partial charge in [0.15, 0.2) is 5.01 Å². The SMILES string of the molecule is OC1(c2cnc(C(F)(F)F)s2)CCOCC1. The van der Waals surface area contributed by atoms with Gasteiger partial charge in [0.2, 0.25) is 0 Å². The van der Waals surface area contributed by atoms with Gasteiger partial charge in [-0.3, -0.25) is 0 Å². The lowest BCUT2D eigenvalue weighted by Crippen LogP contribution is -2.32. The van der Waals surface area contributed by atoms with Gasteiger partial charge < -0.3 is 9.84 Å². The number of aromatic nitrogens is 1. The van der Waals surface area contributed by atoms with E-state index in [9.17, 15) is 18.3 Å². The average Bonchev–Trinajstić information content (AvgIpc) is 2.67. The maximum Gasteiger partial charge on any atom is 0.443 e. The molecule has 90 valence electrons. The highest BCUT2D eigenvalue weighted by molar-refractivity contribution is 7.11. The largest absolute Gasteiger partial charge is 0.443 e. The van der Waals surface area contributed by atoms with Crippen LogP contribution in [0.5, 0.6) is 0 Å². The molecule has 1 aromatic rings. The van der Waals surface area contributed by atoms with Crippen LogP contribution in [0.2, 0.25) is 0 Å². The van der Waals surface area contributed by atoms with Crippen LogP contribution in [0.1, 0.15) is 22.7 Å². The van der Waals surface area contributed by atoms with Gasteiger partial charge in [0.25, 0.3) is 0 Å². The van der Waals surface area contributed by atoms with Crippen molar-refractivity contribution in [2.45, 2.75) is 24.6 Å². The van der Waals surface area contributed by atoms with Gasteiger partial charge in [-0.1, -0.05) is 0 Å². The molecule has 0 amide bonds. The summed E-state index contributed by atoms with van der Waals surface area (Å²) < 4.78 is 42.1. The molecule has 0 unspecified atom stereocenters. The fraction of sp³-hybridized carbons (Fsp3) is 0.667. The van der Waals surface area contributed by atoms with Gasteiger partial charge in [0.1, 0.15) is 5.60 Å². The molecule has 1 fully saturated rings. The number of hydrogen-bond acceptors (Lipinski definition) is 4. The summed E-state index contributed by atoms with van der Waals surface area (Å²) in [6.45, 7) is 0.714. The van der Waals surface area contributed by atoms with E-state index in [2.05, 4.69) is 4.98 Å². The predicted molar refractivity (Wildman–Crippen MR) is 51.1 cm³/mol. The summed E-state index contributed by atoms with van der Waals surface area (Å²) in [5, 5.41) is 9.23. The molecule has 1 aromatic heterocycles. The van der Waals surface area contributed by atoms with Gasteiger partial charge in [-0.25, -0.2) is 4.98 Å². The van der Waals surface area contributed by atoms with E-state index in [0.717, 1.165) is 6.20 Å². The van der Waals surface area contributed by atoms with E-state index in [-0.39, 0.29) is 4.88 Å². The standard InChI is InChI=1S/C9H10F3NO2S/c10-9(11,12)7-13-5-6(16-7)8(14)1-3-15-4-2-8/h5,14H,1-4H2. The minimum Gasteiger partial charge on any atom is -0.384 e. The lowest BCUT2D eigenvalue weighted by molar-refractivity contribution is -0.137. The molecule has 2 rings (SSSR count). The summed E-state index contributed by atoms with van der Waals surface area (Å²) in [6, 6.07) is 0. The molecule has 2 heterocycles. The Bertz CT molecular complexity index is 371. The molecule has 1 saturated heterocycles. The maximum atomic E-state index is 12.3. The minimum absolute atomic E-state index is 0.267. The van der Waals surface area contributed by atoms with E-state index in [4.69, 9.17) is 4.74 Å². The quantitative estimate of drug-likeness (QED) is 0.834. The van der Waals surface area contributed by atoms with Crippen LogP contribution >= 0.6 is 11.3 Å². The molecule has 0 spiro atoms. The van der Waals surface area contributed by atoms with E-state index < -0.39 is 16.8 Å². The summed E-state index contributed by atoms with van der Waals surface area (Å²) in [4.78, 5) is 3.57. The molecule has 1 aliphatic heterocycles. The Morgan fingerprint density at radius 3 is 2.50 bits per heavy atom. The number of halogens is 3. The lowest BCUT2D eigenvalue weighted by Gasteiger charge is -2.30. The molecule has 3 nitrogen and oxygen atoms in total. The monoisotopic (exact) mass is 253 g/mol. The Hall–Kier alpha value is -0.660. The molecule has 1 aliphatic rings.